The van der Waals surface area contributed by atoms with E-state index in [0.717, 1.165) is 22.6 Å². The maximum absolute atomic E-state index is 9.79. The maximum atomic E-state index is 9.79. The molecule has 0 saturated heterocycles. The highest BCUT2D eigenvalue weighted by molar-refractivity contribution is 6.12. The van der Waals surface area contributed by atoms with Crippen LogP contribution < -0.4 is 0 Å². The van der Waals surface area contributed by atoms with Gasteiger partial charge in [0, 0.05) is 38.2 Å². The number of hydrogen-bond acceptors (Lipinski definition) is 5. The molecule has 0 fully saturated rings. The first-order chi connectivity index (χ1) is 38.2. The van der Waals surface area contributed by atoms with Crippen molar-refractivity contribution < 1.29 is 33.5 Å². The quantitative estimate of drug-likeness (QED) is 0.160. The molecular formula is C57H35N3O2. The Morgan fingerprint density at radius 1 is 0.306 bits per heavy atom. The van der Waals surface area contributed by atoms with Crippen molar-refractivity contribution in [3.8, 4) is 78.7 Å². The standard InChI is InChI=1S/C57H35N3O2/c1-4-13-36(14-5-1)39-23-25-40(26-24-39)55-58-56(60-57(59-55)48-20-12-22-52-54(48)47-19-10-11-21-50(47)61-52)42-27-29-46-49-34-41(28-30-51(49)62-53(46)35-42)45-32-43(37-15-6-2-7-16-37)31-44(33-45)38-17-8-3-9-18-38/h1-35H/i2D,3D,6D,7D,8D,9D,15D,16D,17D,18D,27D,29D,30D,31D,32D,33D,34D,35D. The number of para-hydroxylation sites is 1. The first-order valence-corrected chi connectivity index (χ1v) is 19.3. The van der Waals surface area contributed by atoms with Crippen LogP contribution in [0.4, 0.5) is 0 Å². The molecule has 9 aromatic carbocycles. The van der Waals surface area contributed by atoms with Gasteiger partial charge in [-0.1, -0.05) is 157 Å². The van der Waals surface area contributed by atoms with Gasteiger partial charge in [-0.3, -0.25) is 0 Å². The van der Waals surface area contributed by atoms with Crippen LogP contribution in [0.25, 0.3) is 123 Å². The van der Waals surface area contributed by atoms with Crippen molar-refractivity contribution >= 4 is 43.9 Å². The van der Waals surface area contributed by atoms with Gasteiger partial charge in [-0.05, 0) is 98.9 Å². The fourth-order valence-corrected chi connectivity index (χ4v) is 7.43. The van der Waals surface area contributed by atoms with Gasteiger partial charge in [0.1, 0.15) is 22.3 Å². The molecule has 0 saturated carbocycles. The molecule has 0 aliphatic heterocycles. The minimum absolute atomic E-state index is 0.137. The van der Waals surface area contributed by atoms with E-state index in [1.807, 2.05) is 78.9 Å². The van der Waals surface area contributed by atoms with E-state index in [9.17, 15) is 11.0 Å². The lowest BCUT2D eigenvalue weighted by molar-refractivity contribution is 0.668. The number of benzene rings is 9. The molecule has 0 N–H and O–H groups in total. The lowest BCUT2D eigenvalue weighted by Gasteiger charge is -2.11. The van der Waals surface area contributed by atoms with Crippen LogP contribution in [0.5, 0.6) is 0 Å². The van der Waals surface area contributed by atoms with E-state index < -0.39 is 142 Å². The van der Waals surface area contributed by atoms with Gasteiger partial charge in [-0.25, -0.2) is 15.0 Å². The van der Waals surface area contributed by atoms with Crippen LogP contribution in [-0.2, 0) is 0 Å². The Kier molecular flexibility index (Phi) is 5.15. The van der Waals surface area contributed by atoms with Crippen molar-refractivity contribution in [2.45, 2.75) is 0 Å². The molecule has 12 aromatic rings. The highest BCUT2D eigenvalue weighted by Gasteiger charge is 2.19. The summed E-state index contributed by atoms with van der Waals surface area (Å²) in [5, 5.41) is 0.832. The van der Waals surface area contributed by atoms with E-state index in [4.69, 9.17) is 37.5 Å². The Bertz CT molecular complexity index is 4540. The smallest absolute Gasteiger partial charge is 0.164 e. The molecule has 0 radical (unpaired) electrons. The fraction of sp³-hybridized carbons (Fsp3) is 0. The Morgan fingerprint density at radius 3 is 1.65 bits per heavy atom. The van der Waals surface area contributed by atoms with Gasteiger partial charge < -0.3 is 8.83 Å². The van der Waals surface area contributed by atoms with Crippen LogP contribution in [0.3, 0.4) is 0 Å². The number of furan rings is 2. The third kappa shape index (κ3) is 6.32. The molecule has 3 heterocycles. The van der Waals surface area contributed by atoms with Crippen molar-refractivity contribution in [1.82, 2.24) is 15.0 Å². The van der Waals surface area contributed by atoms with Crippen LogP contribution in [0, 0.1) is 0 Å². The zero-order valence-electron chi connectivity index (χ0n) is 50.0. The van der Waals surface area contributed by atoms with E-state index in [1.165, 1.54) is 0 Å². The molecule has 5 nitrogen and oxygen atoms in total. The van der Waals surface area contributed by atoms with Gasteiger partial charge >= 0.3 is 0 Å². The number of fused-ring (bicyclic) bond motifs is 6. The SMILES string of the molecule is [2H]c1c([2H])c([2H])c(-c2c([2H])c(-c3cc([2H])c4oc5c([2H])c(-c6nc(-c7ccc(-c8ccccc8)cc7)nc(-c7cccc8oc9ccccc9c78)n6)c([2H])c([2H])c5c4c3[2H])c([2H])c(-c3c([2H])c([2H])c([2H])c([2H])c3[2H])c2[2H])c([2H])c1[2H]. The molecular weight excluding hydrogens is 759 g/mol. The van der Waals surface area contributed by atoms with E-state index in [1.54, 1.807) is 18.2 Å². The number of aromatic nitrogens is 3. The summed E-state index contributed by atoms with van der Waals surface area (Å²) in [7, 11) is 0. The van der Waals surface area contributed by atoms with Crippen LogP contribution >= 0.6 is 0 Å². The molecule has 0 spiro atoms. The number of rotatable bonds is 7. The summed E-state index contributed by atoms with van der Waals surface area (Å²) in [6.07, 6.45) is 0. The summed E-state index contributed by atoms with van der Waals surface area (Å²) in [5.41, 5.74) is -0.789. The Balaban J connectivity index is 1.12. The van der Waals surface area contributed by atoms with E-state index in [0.29, 0.717) is 27.7 Å². The van der Waals surface area contributed by atoms with Gasteiger partial charge in [0.05, 0.1) is 24.7 Å². The monoisotopic (exact) mass is 811 g/mol. The molecule has 0 aliphatic rings. The van der Waals surface area contributed by atoms with Crippen molar-refractivity contribution in [2.75, 3.05) is 0 Å². The second-order valence-electron chi connectivity index (χ2n) is 14.1. The predicted molar refractivity (Wildman–Crippen MR) is 252 cm³/mol. The molecule has 62 heavy (non-hydrogen) atoms. The van der Waals surface area contributed by atoms with Gasteiger partial charge in [-0.15, -0.1) is 0 Å². The molecule has 0 atom stereocenters. The minimum atomic E-state index is -0.907. The van der Waals surface area contributed by atoms with Crippen molar-refractivity contribution in [2.24, 2.45) is 0 Å². The van der Waals surface area contributed by atoms with Crippen LogP contribution in [0.2, 0.25) is 0 Å². The Labute approximate surface area is 382 Å². The highest BCUT2D eigenvalue weighted by Crippen LogP contribution is 2.40. The molecule has 5 heteroatoms. The number of nitrogens with zero attached hydrogens (tertiary/aromatic N) is 3. The van der Waals surface area contributed by atoms with Crippen LogP contribution in [0.1, 0.15) is 24.7 Å². The van der Waals surface area contributed by atoms with Crippen LogP contribution in [0.15, 0.2) is 221 Å². The molecule has 3 aromatic heterocycles. The predicted octanol–water partition coefficient (Wildman–Crippen LogP) is 15.3. The maximum Gasteiger partial charge on any atom is 0.164 e. The lowest BCUT2D eigenvalue weighted by Crippen LogP contribution is -2.00. The van der Waals surface area contributed by atoms with E-state index in [-0.39, 0.29) is 45.0 Å². The second kappa shape index (κ2) is 14.7. The van der Waals surface area contributed by atoms with Gasteiger partial charge in [0.25, 0.3) is 0 Å². The zero-order chi connectivity index (χ0) is 56.7. The third-order valence-corrected chi connectivity index (χ3v) is 10.3. The topological polar surface area (TPSA) is 65.0 Å². The zero-order valence-corrected chi connectivity index (χ0v) is 32.0. The molecule has 290 valence electrons. The van der Waals surface area contributed by atoms with Crippen molar-refractivity contribution in [1.29, 1.82) is 0 Å². The van der Waals surface area contributed by atoms with Gasteiger partial charge in [0.15, 0.2) is 17.5 Å². The Morgan fingerprint density at radius 2 is 0.903 bits per heavy atom. The summed E-state index contributed by atoms with van der Waals surface area (Å²) < 4.78 is 175. The molecule has 0 unspecified atom stereocenters. The first-order valence-electron chi connectivity index (χ1n) is 28.3. The van der Waals surface area contributed by atoms with E-state index >= 15 is 0 Å². The third-order valence-electron chi connectivity index (χ3n) is 10.3. The summed E-state index contributed by atoms with van der Waals surface area (Å²) in [4.78, 5) is 14.7. The average molecular weight is 812 g/mol. The highest BCUT2D eigenvalue weighted by atomic mass is 16.3. The molecule has 0 bridgehead atoms. The van der Waals surface area contributed by atoms with Crippen molar-refractivity contribution in [3.05, 3.63) is 212 Å². The molecule has 0 aliphatic carbocycles. The second-order valence-corrected chi connectivity index (χ2v) is 14.1. The summed E-state index contributed by atoms with van der Waals surface area (Å²) in [6.45, 7) is 0. The largest absolute Gasteiger partial charge is 0.456 e. The summed E-state index contributed by atoms with van der Waals surface area (Å²) >= 11 is 0. The van der Waals surface area contributed by atoms with Gasteiger partial charge in [-0.2, -0.15) is 0 Å². The Hall–Kier alpha value is -8.41. The summed E-state index contributed by atoms with van der Waals surface area (Å²) in [5.74, 6) is 0.0927. The number of hydrogen-bond donors (Lipinski definition) is 0. The molecule has 12 rings (SSSR count). The van der Waals surface area contributed by atoms with Crippen molar-refractivity contribution in [3.63, 3.8) is 0 Å². The molecule has 0 amide bonds. The summed E-state index contributed by atoms with van der Waals surface area (Å²) in [6, 6.07) is 17.0. The average Bonchev–Trinajstić information content (AvgIpc) is 4.21. The fourth-order valence-electron chi connectivity index (χ4n) is 7.43. The van der Waals surface area contributed by atoms with Crippen LogP contribution in [-0.4, -0.2) is 15.0 Å². The normalized spacial score (nSPS) is 15.6. The van der Waals surface area contributed by atoms with Gasteiger partial charge in [0.2, 0.25) is 0 Å². The van der Waals surface area contributed by atoms with E-state index in [2.05, 4.69) is 0 Å². The first kappa shape index (κ1) is 21.7. The lowest BCUT2D eigenvalue weighted by atomic mass is 9.93. The minimum Gasteiger partial charge on any atom is -0.456 e.